The van der Waals surface area contributed by atoms with Crippen LogP contribution in [0.2, 0.25) is 0 Å². The molecule has 3 aliphatic rings. The smallest absolute Gasteiger partial charge is 0.236 e. The fraction of sp³-hybridized carbons (Fsp3) is 0.667. The van der Waals surface area contributed by atoms with Gasteiger partial charge in [-0.25, -0.2) is 4.39 Å². The summed E-state index contributed by atoms with van der Waals surface area (Å²) in [6, 6.07) is 6.99. The van der Waals surface area contributed by atoms with E-state index in [0.717, 1.165) is 83.0 Å². The number of likely N-dealkylation sites (tertiary alicyclic amines) is 1. The number of nitrogens with zero attached hydrogens (tertiary/aromatic N) is 4. The molecule has 2 saturated heterocycles. The molecular formula is C24H36FN5O. The number of hydrogen-bond acceptors (Lipinski definition) is 3. The van der Waals surface area contributed by atoms with E-state index < -0.39 is 0 Å². The maximum Gasteiger partial charge on any atom is 0.236 e. The second-order valence-electron chi connectivity index (χ2n) is 9.25. The van der Waals surface area contributed by atoms with Gasteiger partial charge in [0.2, 0.25) is 5.91 Å². The van der Waals surface area contributed by atoms with Crippen LogP contribution in [0.15, 0.2) is 29.3 Å². The number of benzene rings is 1. The Morgan fingerprint density at radius 3 is 2.35 bits per heavy atom. The van der Waals surface area contributed by atoms with Crippen LogP contribution in [0.4, 0.5) is 4.39 Å². The summed E-state index contributed by atoms with van der Waals surface area (Å²) in [5.74, 6) is 1.02. The number of nitrogens with one attached hydrogen (secondary N) is 1. The van der Waals surface area contributed by atoms with E-state index in [4.69, 9.17) is 0 Å². The Morgan fingerprint density at radius 2 is 1.74 bits per heavy atom. The minimum Gasteiger partial charge on any atom is -0.355 e. The summed E-state index contributed by atoms with van der Waals surface area (Å²) in [6.45, 7) is 6.61. The van der Waals surface area contributed by atoms with Crippen LogP contribution in [-0.4, -0.2) is 86.0 Å². The molecule has 0 spiro atoms. The number of amides is 1. The van der Waals surface area contributed by atoms with E-state index >= 15 is 0 Å². The highest BCUT2D eigenvalue weighted by atomic mass is 19.1. The second kappa shape index (κ2) is 9.98. The Kier molecular flexibility index (Phi) is 7.10. The van der Waals surface area contributed by atoms with Gasteiger partial charge in [-0.05, 0) is 43.4 Å². The van der Waals surface area contributed by atoms with Gasteiger partial charge in [-0.1, -0.05) is 25.0 Å². The molecule has 6 nitrogen and oxygen atoms in total. The van der Waals surface area contributed by atoms with Crippen molar-refractivity contribution in [3.63, 3.8) is 0 Å². The van der Waals surface area contributed by atoms with E-state index in [1.54, 1.807) is 12.1 Å². The molecule has 3 fully saturated rings. The van der Waals surface area contributed by atoms with E-state index in [2.05, 4.69) is 25.0 Å². The van der Waals surface area contributed by atoms with E-state index in [0.29, 0.717) is 6.54 Å². The van der Waals surface area contributed by atoms with Crippen molar-refractivity contribution in [3.8, 4) is 0 Å². The van der Waals surface area contributed by atoms with Crippen molar-refractivity contribution in [2.45, 2.75) is 43.9 Å². The third kappa shape index (κ3) is 5.56. The quantitative estimate of drug-likeness (QED) is 0.577. The monoisotopic (exact) mass is 429 g/mol. The van der Waals surface area contributed by atoms with Gasteiger partial charge in [0.25, 0.3) is 0 Å². The molecule has 1 amide bonds. The number of carbonyl (C=O) groups is 1. The van der Waals surface area contributed by atoms with Crippen LogP contribution in [0, 0.1) is 5.82 Å². The van der Waals surface area contributed by atoms with E-state index in [1.165, 1.54) is 18.9 Å². The SMILES string of the molecule is CN=C(NCC1(c2cccc(F)c2)CC1)N1CCN(CC(=O)N2CCCCCC2)CC1. The van der Waals surface area contributed by atoms with Crippen molar-refractivity contribution in [1.82, 2.24) is 20.0 Å². The summed E-state index contributed by atoms with van der Waals surface area (Å²) < 4.78 is 13.7. The number of carbonyl (C=O) groups excluding carboxylic acids is 1. The first-order chi connectivity index (χ1) is 15.1. The van der Waals surface area contributed by atoms with E-state index in [1.807, 2.05) is 13.1 Å². The number of halogens is 1. The van der Waals surface area contributed by atoms with Gasteiger partial charge in [-0.3, -0.25) is 14.7 Å². The molecule has 1 aromatic rings. The van der Waals surface area contributed by atoms with Gasteiger partial charge in [0.05, 0.1) is 6.54 Å². The van der Waals surface area contributed by atoms with Gasteiger partial charge in [-0.2, -0.15) is 0 Å². The van der Waals surface area contributed by atoms with E-state index in [9.17, 15) is 9.18 Å². The summed E-state index contributed by atoms with van der Waals surface area (Å²) in [6.07, 6.45) is 6.92. The maximum absolute atomic E-state index is 13.7. The van der Waals surface area contributed by atoms with Crippen molar-refractivity contribution in [2.75, 3.05) is 59.4 Å². The summed E-state index contributed by atoms with van der Waals surface area (Å²) in [7, 11) is 1.82. The second-order valence-corrected chi connectivity index (χ2v) is 9.25. The zero-order chi connectivity index (χ0) is 21.7. The van der Waals surface area contributed by atoms with Crippen LogP contribution in [-0.2, 0) is 10.2 Å². The number of rotatable bonds is 5. The predicted octanol–water partition coefficient (Wildman–Crippen LogP) is 2.45. The maximum atomic E-state index is 13.7. The minimum atomic E-state index is -0.168. The summed E-state index contributed by atoms with van der Waals surface area (Å²) >= 11 is 0. The molecule has 0 bridgehead atoms. The van der Waals surface area contributed by atoms with E-state index in [-0.39, 0.29) is 17.1 Å². The largest absolute Gasteiger partial charge is 0.355 e. The van der Waals surface area contributed by atoms with Crippen LogP contribution in [0.3, 0.4) is 0 Å². The van der Waals surface area contributed by atoms with Gasteiger partial charge in [0.1, 0.15) is 5.82 Å². The van der Waals surface area contributed by atoms with Gasteiger partial charge in [0.15, 0.2) is 5.96 Å². The first-order valence-corrected chi connectivity index (χ1v) is 11.8. The van der Waals surface area contributed by atoms with Crippen LogP contribution >= 0.6 is 0 Å². The first-order valence-electron chi connectivity index (χ1n) is 11.8. The fourth-order valence-electron chi connectivity index (χ4n) is 4.85. The van der Waals surface area contributed by atoms with Crippen molar-refractivity contribution < 1.29 is 9.18 Å². The molecule has 0 atom stereocenters. The van der Waals surface area contributed by atoms with Gasteiger partial charge < -0.3 is 15.1 Å². The first kappa shape index (κ1) is 22.1. The Morgan fingerprint density at radius 1 is 1.03 bits per heavy atom. The average Bonchev–Trinajstić information content (AvgIpc) is 3.60. The molecule has 31 heavy (non-hydrogen) atoms. The molecule has 1 saturated carbocycles. The lowest BCUT2D eigenvalue weighted by atomic mass is 9.96. The Balaban J connectivity index is 1.24. The summed E-state index contributed by atoms with van der Waals surface area (Å²) in [5.41, 5.74) is 1.10. The molecular weight excluding hydrogens is 393 g/mol. The standard InChI is InChI=1S/C24H36FN5O/c1-26-23(27-19-24(9-10-24)20-7-6-8-21(25)17-20)30-15-13-28(14-16-30)18-22(31)29-11-4-2-3-5-12-29/h6-8,17H,2-5,9-16,18-19H2,1H3,(H,26,27). The molecule has 4 rings (SSSR count). The highest BCUT2D eigenvalue weighted by Gasteiger charge is 2.44. The number of aliphatic imine (C=N–C) groups is 1. The van der Waals surface area contributed by atoms with Crippen molar-refractivity contribution in [3.05, 3.63) is 35.6 Å². The number of piperazine rings is 1. The molecule has 0 unspecified atom stereocenters. The molecule has 1 aliphatic carbocycles. The van der Waals surface area contributed by atoms with Crippen LogP contribution in [0.5, 0.6) is 0 Å². The number of hydrogen-bond donors (Lipinski definition) is 1. The third-order valence-corrected chi connectivity index (χ3v) is 7.08. The van der Waals surface area contributed by atoms with Gasteiger partial charge in [0, 0.05) is 58.3 Å². The molecule has 7 heteroatoms. The molecule has 170 valence electrons. The average molecular weight is 430 g/mol. The molecule has 1 aromatic carbocycles. The van der Waals surface area contributed by atoms with Crippen LogP contribution in [0.1, 0.15) is 44.1 Å². The lowest BCUT2D eigenvalue weighted by molar-refractivity contribution is -0.132. The third-order valence-electron chi connectivity index (χ3n) is 7.08. The summed E-state index contributed by atoms with van der Waals surface area (Å²) in [4.78, 5) is 23.8. The number of guanidine groups is 1. The highest BCUT2D eigenvalue weighted by molar-refractivity contribution is 5.80. The van der Waals surface area contributed by atoms with Gasteiger partial charge >= 0.3 is 0 Å². The zero-order valence-corrected chi connectivity index (χ0v) is 18.8. The Labute approximate surface area is 185 Å². The normalized spacial score (nSPS) is 22.2. The lowest BCUT2D eigenvalue weighted by Gasteiger charge is -2.37. The molecule has 2 heterocycles. The topological polar surface area (TPSA) is 51.2 Å². The Hall–Kier alpha value is -2.15. The molecule has 2 aliphatic heterocycles. The highest BCUT2D eigenvalue weighted by Crippen LogP contribution is 2.47. The lowest BCUT2D eigenvalue weighted by Crippen LogP contribution is -2.55. The van der Waals surface area contributed by atoms with Crippen molar-refractivity contribution in [2.24, 2.45) is 4.99 Å². The molecule has 0 radical (unpaired) electrons. The van der Waals surface area contributed by atoms with Crippen molar-refractivity contribution in [1.29, 1.82) is 0 Å². The van der Waals surface area contributed by atoms with Crippen molar-refractivity contribution >= 4 is 11.9 Å². The zero-order valence-electron chi connectivity index (χ0n) is 18.8. The summed E-state index contributed by atoms with van der Waals surface area (Å²) in [5, 5.41) is 3.53. The molecule has 0 aromatic heterocycles. The fourth-order valence-corrected chi connectivity index (χ4v) is 4.85. The predicted molar refractivity (Wildman–Crippen MR) is 122 cm³/mol. The minimum absolute atomic E-state index is 0.0272. The van der Waals surface area contributed by atoms with Gasteiger partial charge in [-0.15, -0.1) is 0 Å². The Bertz CT molecular complexity index is 778. The van der Waals surface area contributed by atoms with Crippen LogP contribution < -0.4 is 5.32 Å². The molecule has 1 N–H and O–H groups in total. The van der Waals surface area contributed by atoms with Crippen LogP contribution in [0.25, 0.3) is 0 Å².